The van der Waals surface area contributed by atoms with Crippen molar-refractivity contribution in [1.29, 1.82) is 0 Å². The van der Waals surface area contributed by atoms with Crippen LogP contribution in [0.5, 0.6) is 5.75 Å². The monoisotopic (exact) mass is 491 g/mol. The topological polar surface area (TPSA) is 128 Å². The van der Waals surface area contributed by atoms with Gasteiger partial charge < -0.3 is 35.2 Å². The van der Waals surface area contributed by atoms with Gasteiger partial charge in [0.2, 0.25) is 0 Å². The summed E-state index contributed by atoms with van der Waals surface area (Å²) in [4.78, 5) is 12.7. The summed E-state index contributed by atoms with van der Waals surface area (Å²) in [7, 11) is 3.05. The van der Waals surface area contributed by atoms with Gasteiger partial charge in [0.05, 0.1) is 24.4 Å². The Labute approximate surface area is 208 Å². The predicted octanol–water partition coefficient (Wildman–Crippen LogP) is 3.46. The molecule has 196 valence electrons. The molecule has 0 aliphatic carbocycles. The molecule has 7 atom stereocenters. The van der Waals surface area contributed by atoms with E-state index in [9.17, 15) is 25.2 Å². The first-order chi connectivity index (χ1) is 16.5. The highest BCUT2D eigenvalue weighted by Gasteiger charge is 2.30. The molecular weight excluding hydrogens is 450 g/mol. The summed E-state index contributed by atoms with van der Waals surface area (Å²) >= 11 is 0. The first kappa shape index (κ1) is 29.0. The van der Waals surface area contributed by atoms with Crippen molar-refractivity contribution >= 4 is 11.6 Å². The Hall–Kier alpha value is -2.23. The van der Waals surface area contributed by atoms with Crippen molar-refractivity contribution in [3.63, 3.8) is 0 Å². The molecule has 1 aliphatic heterocycles. The number of carbonyl (C=O) groups is 1. The maximum atomic E-state index is 12.7. The number of aromatic hydroxyl groups is 1. The van der Waals surface area contributed by atoms with Crippen molar-refractivity contribution in [2.45, 2.75) is 77.5 Å². The fourth-order valence-electron chi connectivity index (χ4n) is 4.51. The number of allylic oxidation sites excluding steroid dienone is 1. The molecule has 7 unspecified atom stereocenters. The minimum absolute atomic E-state index is 0.0777. The Balaban J connectivity index is 2.45. The van der Waals surface area contributed by atoms with E-state index in [0.717, 1.165) is 0 Å². The average molecular weight is 492 g/mol. The average Bonchev–Trinajstić information content (AvgIpc) is 2.82. The van der Waals surface area contributed by atoms with Gasteiger partial charge in [-0.05, 0) is 62.3 Å². The SMILES string of the molecule is COC1CCC=C(C)C(=O)Nc2cc(O)cc(c2)C(O)C(C)CC(OC)C(O)C(C)C=C(C)C1O. The number of ether oxygens (including phenoxy) is 2. The molecule has 0 aromatic heterocycles. The van der Waals surface area contributed by atoms with Crippen molar-refractivity contribution < 1.29 is 34.7 Å². The molecule has 5 N–H and O–H groups in total. The van der Waals surface area contributed by atoms with Crippen LogP contribution >= 0.6 is 0 Å². The summed E-state index contributed by atoms with van der Waals surface area (Å²) in [6, 6.07) is 4.51. The quantitative estimate of drug-likeness (QED) is 0.401. The van der Waals surface area contributed by atoms with E-state index in [-0.39, 0.29) is 23.5 Å². The molecule has 0 fully saturated rings. The second-order valence-corrected chi connectivity index (χ2v) is 9.64. The number of amides is 1. The number of aliphatic hydroxyl groups excluding tert-OH is 3. The van der Waals surface area contributed by atoms with E-state index in [0.29, 0.717) is 41.7 Å². The van der Waals surface area contributed by atoms with E-state index < -0.39 is 30.5 Å². The lowest BCUT2D eigenvalue weighted by molar-refractivity contribution is -0.112. The van der Waals surface area contributed by atoms with E-state index in [1.165, 1.54) is 26.4 Å². The summed E-state index contributed by atoms with van der Waals surface area (Å²) in [5, 5.41) is 45.8. The number of hydrogen-bond acceptors (Lipinski definition) is 7. The third-order valence-electron chi connectivity index (χ3n) is 6.81. The van der Waals surface area contributed by atoms with Crippen molar-refractivity contribution in [3.8, 4) is 5.75 Å². The van der Waals surface area contributed by atoms with Crippen molar-refractivity contribution in [1.82, 2.24) is 0 Å². The molecule has 0 radical (unpaired) electrons. The molecular formula is C27H41NO7. The third-order valence-corrected chi connectivity index (χ3v) is 6.81. The van der Waals surface area contributed by atoms with E-state index in [2.05, 4.69) is 5.32 Å². The standard InChI is InChI=1S/C27H41NO7/c1-15-8-7-9-22(34-5)25(31)16(2)10-17(3)26(32)23(35-6)11-18(4)24(30)19-12-20(28-27(15)33)14-21(29)13-19/h8,10,12-14,17-18,22-26,29-32H,7,9,11H2,1-6H3,(H,28,33). The van der Waals surface area contributed by atoms with Gasteiger partial charge in [-0.15, -0.1) is 0 Å². The van der Waals surface area contributed by atoms with Crippen molar-refractivity contribution in [3.05, 3.63) is 47.1 Å². The lowest BCUT2D eigenvalue weighted by Gasteiger charge is -2.30. The Morgan fingerprint density at radius 2 is 1.63 bits per heavy atom. The maximum absolute atomic E-state index is 12.7. The second-order valence-electron chi connectivity index (χ2n) is 9.64. The van der Waals surface area contributed by atoms with Crippen LogP contribution in [-0.2, 0) is 14.3 Å². The molecule has 0 saturated heterocycles. The van der Waals surface area contributed by atoms with Gasteiger partial charge in [0.25, 0.3) is 5.91 Å². The van der Waals surface area contributed by atoms with Gasteiger partial charge in [0, 0.05) is 37.5 Å². The summed E-state index contributed by atoms with van der Waals surface area (Å²) < 4.78 is 11.1. The molecule has 1 amide bonds. The number of nitrogens with one attached hydrogen (secondary N) is 1. The number of benzene rings is 1. The lowest BCUT2D eigenvalue weighted by atomic mass is 9.86. The van der Waals surface area contributed by atoms with E-state index in [1.807, 2.05) is 19.9 Å². The Morgan fingerprint density at radius 3 is 2.26 bits per heavy atom. The van der Waals surface area contributed by atoms with Crippen LogP contribution in [0.3, 0.4) is 0 Å². The van der Waals surface area contributed by atoms with Crippen LogP contribution in [0.1, 0.15) is 58.6 Å². The van der Waals surface area contributed by atoms with Gasteiger partial charge in [-0.2, -0.15) is 0 Å². The fraction of sp³-hybridized carbons (Fsp3) is 0.593. The molecule has 1 aromatic rings. The normalized spacial score (nSPS) is 31.9. The molecule has 1 heterocycles. The zero-order valence-corrected chi connectivity index (χ0v) is 21.6. The number of hydrogen-bond donors (Lipinski definition) is 5. The predicted molar refractivity (Wildman–Crippen MR) is 135 cm³/mol. The molecule has 1 aromatic carbocycles. The molecule has 2 bridgehead atoms. The summed E-state index contributed by atoms with van der Waals surface area (Å²) in [5.74, 6) is -1.06. The molecule has 0 spiro atoms. The lowest BCUT2D eigenvalue weighted by Crippen LogP contribution is -2.36. The smallest absolute Gasteiger partial charge is 0.250 e. The number of phenols is 1. The minimum atomic E-state index is -0.960. The van der Waals surface area contributed by atoms with Gasteiger partial charge in [-0.1, -0.05) is 26.0 Å². The third kappa shape index (κ3) is 7.88. The summed E-state index contributed by atoms with van der Waals surface area (Å²) in [5.41, 5.74) is 1.97. The van der Waals surface area contributed by atoms with Crippen LogP contribution in [0.2, 0.25) is 0 Å². The largest absolute Gasteiger partial charge is 0.508 e. The summed E-state index contributed by atoms with van der Waals surface area (Å²) in [6.07, 6.45) is 1.19. The highest BCUT2D eigenvalue weighted by atomic mass is 16.5. The number of fused-ring (bicyclic) bond motifs is 2. The number of rotatable bonds is 2. The molecule has 2 rings (SSSR count). The first-order valence-electron chi connectivity index (χ1n) is 12.1. The van der Waals surface area contributed by atoms with Crippen molar-refractivity contribution in [2.24, 2.45) is 11.8 Å². The second kappa shape index (κ2) is 13.2. The minimum Gasteiger partial charge on any atom is -0.508 e. The Kier molecular flexibility index (Phi) is 10.9. The van der Waals surface area contributed by atoms with Crippen LogP contribution in [0.4, 0.5) is 5.69 Å². The van der Waals surface area contributed by atoms with Gasteiger partial charge in [-0.25, -0.2) is 0 Å². The van der Waals surface area contributed by atoms with E-state index in [4.69, 9.17) is 9.47 Å². The van der Waals surface area contributed by atoms with Crippen LogP contribution in [0.25, 0.3) is 0 Å². The zero-order valence-electron chi connectivity index (χ0n) is 21.6. The molecule has 35 heavy (non-hydrogen) atoms. The number of phenolic OH excluding ortho intramolecular Hbond substituents is 1. The maximum Gasteiger partial charge on any atom is 0.250 e. The molecule has 0 saturated carbocycles. The summed E-state index contributed by atoms with van der Waals surface area (Å²) in [6.45, 7) is 7.17. The van der Waals surface area contributed by atoms with E-state index >= 15 is 0 Å². The van der Waals surface area contributed by atoms with Gasteiger partial charge in [0.1, 0.15) is 11.9 Å². The van der Waals surface area contributed by atoms with Crippen LogP contribution in [-0.4, -0.2) is 65.0 Å². The fourth-order valence-corrected chi connectivity index (χ4v) is 4.51. The molecule has 8 heteroatoms. The Morgan fingerprint density at radius 1 is 0.971 bits per heavy atom. The number of aliphatic hydroxyl groups is 3. The number of methoxy groups -OCH3 is 2. The zero-order chi connectivity index (χ0) is 26.3. The van der Waals surface area contributed by atoms with Gasteiger partial charge in [0.15, 0.2) is 0 Å². The van der Waals surface area contributed by atoms with Crippen LogP contribution in [0, 0.1) is 11.8 Å². The Bertz CT molecular complexity index is 913. The van der Waals surface area contributed by atoms with Crippen LogP contribution < -0.4 is 5.32 Å². The number of anilines is 1. The molecule has 1 aliphatic rings. The van der Waals surface area contributed by atoms with Crippen LogP contribution in [0.15, 0.2) is 41.5 Å². The van der Waals surface area contributed by atoms with Gasteiger partial charge in [-0.3, -0.25) is 4.79 Å². The van der Waals surface area contributed by atoms with Gasteiger partial charge >= 0.3 is 0 Å². The highest BCUT2D eigenvalue weighted by molar-refractivity contribution is 6.03. The van der Waals surface area contributed by atoms with Crippen molar-refractivity contribution in [2.75, 3.05) is 19.5 Å². The highest BCUT2D eigenvalue weighted by Crippen LogP contribution is 2.32. The first-order valence-corrected chi connectivity index (χ1v) is 12.1. The van der Waals surface area contributed by atoms with E-state index in [1.54, 1.807) is 26.0 Å². The number of carbonyl (C=O) groups excluding carboxylic acids is 1. The molecule has 8 nitrogen and oxygen atoms in total.